The van der Waals surface area contributed by atoms with Crippen molar-refractivity contribution in [3.63, 3.8) is 0 Å². The molecule has 25 heavy (non-hydrogen) atoms. The Morgan fingerprint density at radius 1 is 1.32 bits per heavy atom. The highest BCUT2D eigenvalue weighted by Crippen LogP contribution is 2.07. The van der Waals surface area contributed by atoms with Gasteiger partial charge in [-0.2, -0.15) is 0 Å². The minimum atomic E-state index is -0.999. The standard InChI is InChI=1S/C19H23NO5/c1-24-18-13-12-15(14-20-18)8-5-3-4-6-9-16(21)17(22)10-7-11-19(23)25-2/h3-4,6,9,12-14,16-17,21-22H,7,10-11H2,1-2H3/b4-3+,9-6+/t16-,17+/m1/s1. The van der Waals surface area contributed by atoms with Gasteiger partial charge in [0.2, 0.25) is 5.88 Å². The number of esters is 1. The minimum Gasteiger partial charge on any atom is -0.481 e. The fourth-order valence-electron chi connectivity index (χ4n) is 1.84. The molecule has 6 nitrogen and oxygen atoms in total. The maximum Gasteiger partial charge on any atom is 0.305 e. The van der Waals surface area contributed by atoms with Gasteiger partial charge in [0.15, 0.2) is 0 Å². The topological polar surface area (TPSA) is 88.9 Å². The van der Waals surface area contributed by atoms with Gasteiger partial charge in [-0.15, -0.1) is 0 Å². The molecule has 1 aromatic heterocycles. The summed E-state index contributed by atoms with van der Waals surface area (Å²) in [5.41, 5.74) is 0.760. The molecule has 0 saturated carbocycles. The lowest BCUT2D eigenvalue weighted by Gasteiger charge is -2.13. The van der Waals surface area contributed by atoms with Crippen LogP contribution in [0.15, 0.2) is 42.6 Å². The van der Waals surface area contributed by atoms with Crippen LogP contribution >= 0.6 is 0 Å². The molecule has 6 heteroatoms. The van der Waals surface area contributed by atoms with Crippen LogP contribution < -0.4 is 4.74 Å². The average Bonchev–Trinajstić information content (AvgIpc) is 2.64. The number of aliphatic hydroxyl groups is 2. The van der Waals surface area contributed by atoms with E-state index < -0.39 is 12.2 Å². The third-order valence-electron chi connectivity index (χ3n) is 3.26. The largest absolute Gasteiger partial charge is 0.481 e. The van der Waals surface area contributed by atoms with Crippen LogP contribution in [0.1, 0.15) is 24.8 Å². The van der Waals surface area contributed by atoms with Crippen LogP contribution in [0.4, 0.5) is 0 Å². The number of methoxy groups -OCH3 is 2. The SMILES string of the molecule is COC(=O)CCC[C@H](O)[C@H](O)/C=C/C=C/C#Cc1ccc(OC)nc1. The van der Waals surface area contributed by atoms with E-state index in [2.05, 4.69) is 21.6 Å². The Morgan fingerprint density at radius 3 is 2.76 bits per heavy atom. The molecular weight excluding hydrogens is 322 g/mol. The molecule has 0 saturated heterocycles. The molecular formula is C19H23NO5. The minimum absolute atomic E-state index is 0.222. The van der Waals surface area contributed by atoms with E-state index in [4.69, 9.17) is 4.74 Å². The van der Waals surface area contributed by atoms with Crippen molar-refractivity contribution < 1.29 is 24.5 Å². The molecule has 2 N–H and O–H groups in total. The highest BCUT2D eigenvalue weighted by molar-refractivity contribution is 5.68. The van der Waals surface area contributed by atoms with Crippen LogP contribution in [0.5, 0.6) is 5.88 Å². The van der Waals surface area contributed by atoms with Crippen molar-refractivity contribution >= 4 is 5.97 Å². The molecule has 0 spiro atoms. The molecule has 0 amide bonds. The number of pyridine rings is 1. The highest BCUT2D eigenvalue weighted by atomic mass is 16.5. The summed E-state index contributed by atoms with van der Waals surface area (Å²) >= 11 is 0. The summed E-state index contributed by atoms with van der Waals surface area (Å²) in [7, 11) is 2.87. The molecule has 1 rings (SSSR count). The summed E-state index contributed by atoms with van der Waals surface area (Å²) in [6.45, 7) is 0. The van der Waals surface area contributed by atoms with E-state index in [0.717, 1.165) is 5.56 Å². The smallest absolute Gasteiger partial charge is 0.305 e. The summed E-state index contributed by atoms with van der Waals surface area (Å²) in [4.78, 5) is 15.0. The second kappa shape index (κ2) is 11.8. The number of hydrogen-bond acceptors (Lipinski definition) is 6. The molecule has 0 aromatic carbocycles. The number of rotatable bonds is 8. The molecule has 1 aromatic rings. The maximum atomic E-state index is 11.0. The number of carbonyl (C=O) groups excluding carboxylic acids is 1. The van der Waals surface area contributed by atoms with Gasteiger partial charge < -0.3 is 19.7 Å². The van der Waals surface area contributed by atoms with Gasteiger partial charge in [-0.05, 0) is 25.0 Å². The number of aromatic nitrogens is 1. The van der Waals surface area contributed by atoms with Gasteiger partial charge in [-0.25, -0.2) is 4.98 Å². The molecule has 0 bridgehead atoms. The zero-order chi connectivity index (χ0) is 18.5. The van der Waals surface area contributed by atoms with Gasteiger partial charge in [0, 0.05) is 24.2 Å². The summed E-state index contributed by atoms with van der Waals surface area (Å²) in [6.07, 6.45) is 7.04. The lowest BCUT2D eigenvalue weighted by Crippen LogP contribution is -2.23. The number of allylic oxidation sites excluding steroid dienone is 3. The number of nitrogens with zero attached hydrogens (tertiary/aromatic N) is 1. The van der Waals surface area contributed by atoms with Crippen LogP contribution in [-0.2, 0) is 9.53 Å². The van der Waals surface area contributed by atoms with Crippen molar-refractivity contribution in [2.45, 2.75) is 31.5 Å². The quantitative estimate of drug-likeness (QED) is 0.423. The Kier molecular flexibility index (Phi) is 9.68. The van der Waals surface area contributed by atoms with Gasteiger partial charge in [0.05, 0.1) is 26.4 Å². The Morgan fingerprint density at radius 2 is 2.12 bits per heavy atom. The van der Waals surface area contributed by atoms with Crippen molar-refractivity contribution in [1.29, 1.82) is 0 Å². The van der Waals surface area contributed by atoms with E-state index in [-0.39, 0.29) is 12.4 Å². The Labute approximate surface area is 147 Å². The fraction of sp³-hybridized carbons (Fsp3) is 0.368. The van der Waals surface area contributed by atoms with Crippen molar-refractivity contribution in [2.75, 3.05) is 14.2 Å². The molecule has 0 fully saturated rings. The first-order valence-electron chi connectivity index (χ1n) is 7.84. The molecule has 0 aliphatic heterocycles. The molecule has 0 unspecified atom stereocenters. The monoisotopic (exact) mass is 345 g/mol. The van der Waals surface area contributed by atoms with Crippen LogP contribution in [0.2, 0.25) is 0 Å². The third kappa shape index (κ3) is 8.70. The van der Waals surface area contributed by atoms with E-state index in [1.807, 2.05) is 0 Å². The predicted molar refractivity (Wildman–Crippen MR) is 93.8 cm³/mol. The van der Waals surface area contributed by atoms with Gasteiger partial charge in [-0.3, -0.25) is 4.79 Å². The van der Waals surface area contributed by atoms with E-state index in [0.29, 0.717) is 18.7 Å². The fourth-order valence-corrected chi connectivity index (χ4v) is 1.84. The van der Waals surface area contributed by atoms with Gasteiger partial charge in [0.25, 0.3) is 0 Å². The summed E-state index contributed by atoms with van der Waals surface area (Å²) in [5, 5.41) is 19.6. The molecule has 2 atom stereocenters. The Bertz CT molecular complexity index is 640. The van der Waals surface area contributed by atoms with Crippen LogP contribution in [0.25, 0.3) is 0 Å². The summed E-state index contributed by atoms with van der Waals surface area (Å²) < 4.78 is 9.47. The summed E-state index contributed by atoms with van der Waals surface area (Å²) in [6, 6.07) is 3.53. The van der Waals surface area contributed by atoms with Gasteiger partial charge >= 0.3 is 5.97 Å². The van der Waals surface area contributed by atoms with Crippen LogP contribution in [0, 0.1) is 11.8 Å². The summed E-state index contributed by atoms with van der Waals surface area (Å²) in [5.74, 6) is 5.95. The normalized spacial score (nSPS) is 13.3. The number of ether oxygens (including phenoxy) is 2. The predicted octanol–water partition coefficient (Wildman–Crippen LogP) is 1.62. The Balaban J connectivity index is 2.36. The molecule has 0 aliphatic carbocycles. The average molecular weight is 345 g/mol. The first-order chi connectivity index (χ1) is 12.1. The van der Waals surface area contributed by atoms with Crippen molar-refractivity contribution in [3.05, 3.63) is 48.2 Å². The lowest BCUT2D eigenvalue weighted by atomic mass is 10.1. The lowest BCUT2D eigenvalue weighted by molar-refractivity contribution is -0.140. The van der Waals surface area contributed by atoms with E-state index in [9.17, 15) is 15.0 Å². The number of aliphatic hydroxyl groups excluding tert-OH is 2. The molecule has 0 radical (unpaired) electrons. The van der Waals surface area contributed by atoms with E-state index in [1.54, 1.807) is 43.7 Å². The second-order valence-electron chi connectivity index (χ2n) is 5.13. The number of carbonyl (C=O) groups is 1. The molecule has 0 aliphatic rings. The number of hydrogen-bond donors (Lipinski definition) is 2. The zero-order valence-electron chi connectivity index (χ0n) is 14.4. The first-order valence-corrected chi connectivity index (χ1v) is 7.84. The molecule has 134 valence electrons. The van der Waals surface area contributed by atoms with Crippen molar-refractivity contribution in [1.82, 2.24) is 4.98 Å². The van der Waals surface area contributed by atoms with Gasteiger partial charge in [0.1, 0.15) is 0 Å². The highest BCUT2D eigenvalue weighted by Gasteiger charge is 2.13. The van der Waals surface area contributed by atoms with Crippen molar-refractivity contribution in [3.8, 4) is 17.7 Å². The van der Waals surface area contributed by atoms with E-state index in [1.165, 1.54) is 13.2 Å². The molecule has 1 heterocycles. The van der Waals surface area contributed by atoms with Gasteiger partial charge in [-0.1, -0.05) is 30.1 Å². The third-order valence-corrected chi connectivity index (χ3v) is 3.26. The van der Waals surface area contributed by atoms with E-state index >= 15 is 0 Å². The Hall–Kier alpha value is -2.62. The second-order valence-corrected chi connectivity index (χ2v) is 5.13. The first kappa shape index (κ1) is 20.4. The zero-order valence-corrected chi connectivity index (χ0v) is 14.4. The van der Waals surface area contributed by atoms with Crippen molar-refractivity contribution in [2.24, 2.45) is 0 Å². The van der Waals surface area contributed by atoms with Crippen LogP contribution in [0.3, 0.4) is 0 Å². The maximum absolute atomic E-state index is 11.0. The van der Waals surface area contributed by atoms with Crippen LogP contribution in [-0.4, -0.2) is 47.6 Å².